The van der Waals surface area contributed by atoms with Gasteiger partial charge in [-0.2, -0.15) is 0 Å². The molecule has 28 heavy (non-hydrogen) atoms. The number of hydrogen-bond acceptors (Lipinski definition) is 4. The average Bonchev–Trinajstić information content (AvgIpc) is 2.96. The maximum absolute atomic E-state index is 12.3. The van der Waals surface area contributed by atoms with E-state index in [-0.39, 0.29) is 30.7 Å². The van der Waals surface area contributed by atoms with E-state index in [9.17, 15) is 14.4 Å². The monoisotopic (exact) mass is 380 g/mol. The average molecular weight is 380 g/mol. The van der Waals surface area contributed by atoms with Gasteiger partial charge in [-0.1, -0.05) is 24.3 Å². The van der Waals surface area contributed by atoms with E-state index in [1.54, 1.807) is 31.4 Å². The van der Waals surface area contributed by atoms with E-state index >= 15 is 0 Å². The van der Waals surface area contributed by atoms with Gasteiger partial charge in [-0.25, -0.2) is 0 Å². The standard InChI is InChI=1S/C22H24N2O4/c1-28-17-9-4-7-16(15-17)8-5-13-23-20(25)12-6-14-24-21(26)18-10-2-3-11-19(18)22(24)27/h2-4,7,9-11,15H,5-6,8,12-14H2,1H3,(H,23,25). The zero-order valence-electron chi connectivity index (χ0n) is 15.9. The van der Waals surface area contributed by atoms with Crippen LogP contribution in [-0.2, 0) is 11.2 Å². The van der Waals surface area contributed by atoms with E-state index < -0.39 is 0 Å². The SMILES string of the molecule is COc1cccc(CCCNC(=O)CCCN2C(=O)c3ccccc3C2=O)c1. The quantitative estimate of drug-likeness (QED) is 0.536. The smallest absolute Gasteiger partial charge is 0.261 e. The number of rotatable bonds is 9. The first-order valence-corrected chi connectivity index (χ1v) is 9.45. The fourth-order valence-electron chi connectivity index (χ4n) is 3.28. The Bertz CT molecular complexity index is 843. The lowest BCUT2D eigenvalue weighted by atomic mass is 10.1. The van der Waals surface area contributed by atoms with E-state index in [1.165, 1.54) is 10.5 Å². The first kappa shape index (κ1) is 19.6. The third-order valence-corrected chi connectivity index (χ3v) is 4.76. The van der Waals surface area contributed by atoms with Crippen LogP contribution in [0.5, 0.6) is 5.75 Å². The van der Waals surface area contributed by atoms with Gasteiger partial charge < -0.3 is 10.1 Å². The van der Waals surface area contributed by atoms with Crippen molar-refractivity contribution in [2.24, 2.45) is 0 Å². The molecular weight excluding hydrogens is 356 g/mol. The molecule has 0 spiro atoms. The molecule has 3 rings (SSSR count). The van der Waals surface area contributed by atoms with Gasteiger partial charge in [0.05, 0.1) is 18.2 Å². The fourth-order valence-corrected chi connectivity index (χ4v) is 3.28. The van der Waals surface area contributed by atoms with Gasteiger partial charge in [0.2, 0.25) is 5.91 Å². The van der Waals surface area contributed by atoms with Crippen LogP contribution in [-0.4, -0.2) is 42.8 Å². The van der Waals surface area contributed by atoms with Gasteiger partial charge in [-0.15, -0.1) is 0 Å². The predicted octanol–water partition coefficient (Wildman–Crippen LogP) is 2.82. The van der Waals surface area contributed by atoms with Gasteiger partial charge in [0.25, 0.3) is 11.8 Å². The minimum absolute atomic E-state index is 0.0674. The number of fused-ring (bicyclic) bond motifs is 1. The van der Waals surface area contributed by atoms with Crippen LogP contribution in [0.15, 0.2) is 48.5 Å². The van der Waals surface area contributed by atoms with Crippen molar-refractivity contribution in [2.75, 3.05) is 20.2 Å². The Hall–Kier alpha value is -3.15. The van der Waals surface area contributed by atoms with Crippen LogP contribution in [0, 0.1) is 0 Å². The Morgan fingerprint density at radius 2 is 1.71 bits per heavy atom. The molecule has 0 fully saturated rings. The number of aryl methyl sites for hydroxylation is 1. The molecule has 0 saturated carbocycles. The largest absolute Gasteiger partial charge is 0.497 e. The number of carbonyl (C=O) groups excluding carboxylic acids is 3. The highest BCUT2D eigenvalue weighted by Crippen LogP contribution is 2.22. The second kappa shape index (κ2) is 9.17. The van der Waals surface area contributed by atoms with E-state index in [0.29, 0.717) is 24.1 Å². The molecule has 1 aliphatic heterocycles. The highest BCUT2D eigenvalue weighted by atomic mass is 16.5. The topological polar surface area (TPSA) is 75.7 Å². The summed E-state index contributed by atoms with van der Waals surface area (Å²) in [5, 5.41) is 2.89. The van der Waals surface area contributed by atoms with E-state index in [4.69, 9.17) is 4.74 Å². The number of benzene rings is 2. The normalized spacial score (nSPS) is 12.8. The van der Waals surface area contributed by atoms with Gasteiger partial charge in [-0.3, -0.25) is 19.3 Å². The molecule has 2 aromatic carbocycles. The first-order chi connectivity index (χ1) is 13.6. The molecule has 0 atom stereocenters. The molecule has 6 nitrogen and oxygen atoms in total. The van der Waals surface area contributed by atoms with Crippen molar-refractivity contribution in [2.45, 2.75) is 25.7 Å². The lowest BCUT2D eigenvalue weighted by Gasteiger charge is -2.13. The second-order valence-electron chi connectivity index (χ2n) is 6.72. The molecule has 1 aliphatic rings. The van der Waals surface area contributed by atoms with Gasteiger partial charge >= 0.3 is 0 Å². The first-order valence-electron chi connectivity index (χ1n) is 9.45. The van der Waals surface area contributed by atoms with Crippen molar-refractivity contribution in [3.8, 4) is 5.75 Å². The maximum atomic E-state index is 12.3. The number of carbonyl (C=O) groups is 3. The van der Waals surface area contributed by atoms with Crippen LogP contribution < -0.4 is 10.1 Å². The Morgan fingerprint density at radius 1 is 1.00 bits per heavy atom. The Balaban J connectivity index is 1.35. The van der Waals surface area contributed by atoms with Crippen molar-refractivity contribution in [1.82, 2.24) is 10.2 Å². The molecule has 146 valence electrons. The second-order valence-corrected chi connectivity index (χ2v) is 6.72. The molecule has 1 N–H and O–H groups in total. The minimum atomic E-state index is -0.278. The van der Waals surface area contributed by atoms with Crippen molar-refractivity contribution in [3.05, 3.63) is 65.2 Å². The van der Waals surface area contributed by atoms with Crippen LogP contribution >= 0.6 is 0 Å². The molecule has 0 unspecified atom stereocenters. The highest BCUT2D eigenvalue weighted by molar-refractivity contribution is 6.21. The number of nitrogens with zero attached hydrogens (tertiary/aromatic N) is 1. The van der Waals surface area contributed by atoms with Crippen molar-refractivity contribution in [3.63, 3.8) is 0 Å². The summed E-state index contributed by atoms with van der Waals surface area (Å²) in [4.78, 5) is 37.8. The van der Waals surface area contributed by atoms with Gasteiger partial charge in [0.15, 0.2) is 0 Å². The maximum Gasteiger partial charge on any atom is 0.261 e. The van der Waals surface area contributed by atoms with Gasteiger partial charge in [0.1, 0.15) is 5.75 Å². The van der Waals surface area contributed by atoms with Crippen molar-refractivity contribution < 1.29 is 19.1 Å². The summed E-state index contributed by atoms with van der Waals surface area (Å²) in [6, 6.07) is 14.7. The Kier molecular flexibility index (Phi) is 6.42. The summed E-state index contributed by atoms with van der Waals surface area (Å²) in [6.45, 7) is 0.840. The summed E-state index contributed by atoms with van der Waals surface area (Å²) in [5.74, 6) is 0.204. The van der Waals surface area contributed by atoms with Crippen molar-refractivity contribution >= 4 is 17.7 Å². The number of methoxy groups -OCH3 is 1. The fraction of sp³-hybridized carbons (Fsp3) is 0.318. The van der Waals surface area contributed by atoms with E-state index in [2.05, 4.69) is 5.32 Å². The molecular formula is C22H24N2O4. The summed E-state index contributed by atoms with van der Waals surface area (Å²) >= 11 is 0. The molecule has 3 amide bonds. The third-order valence-electron chi connectivity index (χ3n) is 4.76. The number of amides is 3. The number of imide groups is 1. The van der Waals surface area contributed by atoms with Crippen molar-refractivity contribution in [1.29, 1.82) is 0 Å². The number of nitrogens with one attached hydrogen (secondary N) is 1. The highest BCUT2D eigenvalue weighted by Gasteiger charge is 2.34. The minimum Gasteiger partial charge on any atom is -0.497 e. The van der Waals surface area contributed by atoms with Crippen LogP contribution in [0.3, 0.4) is 0 Å². The summed E-state index contributed by atoms with van der Waals surface area (Å²) in [5.41, 5.74) is 2.04. The zero-order chi connectivity index (χ0) is 19.9. The summed E-state index contributed by atoms with van der Waals surface area (Å²) in [7, 11) is 1.64. The van der Waals surface area contributed by atoms with Gasteiger partial charge in [0, 0.05) is 19.5 Å². The third kappa shape index (κ3) is 4.57. The van der Waals surface area contributed by atoms with Crippen LogP contribution in [0.4, 0.5) is 0 Å². The number of ether oxygens (including phenoxy) is 1. The van der Waals surface area contributed by atoms with Crippen LogP contribution in [0.1, 0.15) is 45.5 Å². The van der Waals surface area contributed by atoms with E-state index in [1.807, 2.05) is 24.3 Å². The molecule has 1 heterocycles. The molecule has 0 saturated heterocycles. The number of hydrogen-bond donors (Lipinski definition) is 1. The van der Waals surface area contributed by atoms with Crippen LogP contribution in [0.2, 0.25) is 0 Å². The lowest BCUT2D eigenvalue weighted by molar-refractivity contribution is -0.121. The molecule has 0 radical (unpaired) electrons. The molecule has 2 aromatic rings. The molecule has 6 heteroatoms. The molecule has 0 aliphatic carbocycles. The molecule has 0 aromatic heterocycles. The Labute approximate surface area is 164 Å². The van der Waals surface area contributed by atoms with E-state index in [0.717, 1.165) is 18.6 Å². The zero-order valence-corrected chi connectivity index (χ0v) is 15.9. The Morgan fingerprint density at radius 3 is 2.39 bits per heavy atom. The summed E-state index contributed by atoms with van der Waals surface area (Å²) in [6.07, 6.45) is 2.42. The predicted molar refractivity (Wildman–Crippen MR) is 105 cm³/mol. The molecule has 0 bridgehead atoms. The lowest BCUT2D eigenvalue weighted by Crippen LogP contribution is -2.32. The summed E-state index contributed by atoms with van der Waals surface area (Å²) < 4.78 is 5.20. The van der Waals surface area contributed by atoms with Gasteiger partial charge in [-0.05, 0) is 49.1 Å². The van der Waals surface area contributed by atoms with Crippen LogP contribution in [0.25, 0.3) is 0 Å².